The van der Waals surface area contributed by atoms with E-state index < -0.39 is 41.2 Å². The summed E-state index contributed by atoms with van der Waals surface area (Å²) in [5, 5.41) is 21.7. The molecule has 1 aliphatic heterocycles. The Hall–Kier alpha value is -2.76. The van der Waals surface area contributed by atoms with Crippen molar-refractivity contribution in [3.8, 4) is 0 Å². The third-order valence-electron chi connectivity index (χ3n) is 16.4. The number of carbonyl (C=O) groups is 2. The Bertz CT molecular complexity index is 1780. The fraction of sp³-hybridized carbons (Fsp3) is 0.810. The number of nitrogens with zero attached hydrogens (tertiary/aromatic N) is 1. The number of hydrogen-bond acceptors (Lipinski definition) is 9. The van der Waals surface area contributed by atoms with Gasteiger partial charge in [-0.1, -0.05) is 67.0 Å². The molecule has 294 valence electrons. The van der Waals surface area contributed by atoms with Gasteiger partial charge < -0.3 is 24.4 Å². The van der Waals surface area contributed by atoms with E-state index in [0.717, 1.165) is 74.8 Å². The average Bonchev–Trinajstić information content (AvgIpc) is 3.37. The molecule has 11 heteroatoms. The standard InChI is InChI=1S/C42H62N2O9/c1-9-31(46)53-29-13-15-39(6)27(38(29,4)5)12-16-41(8)28(39)11-10-24-25-22-37(2,3)17-19-42(25,20-18-40(24,41)7)35(49)51-23-26-32(47)33(48)34(52-26)44-21-14-30(45)43-36(44)50/h10,14,21,25-29,32-34,47-48H,9,11-13,15-20,22-23H2,1-8H3,(H,43,45,50)/t25-,26+,27?,28+,29-,32+,33+,34+,39-,40+,41+,42-/m0/s1. The molecule has 7 rings (SSSR count). The molecular weight excluding hydrogens is 676 g/mol. The minimum atomic E-state index is -1.45. The zero-order chi connectivity index (χ0) is 38.5. The van der Waals surface area contributed by atoms with E-state index in [2.05, 4.69) is 59.5 Å². The highest BCUT2D eigenvalue weighted by atomic mass is 16.6. The Labute approximate surface area is 313 Å². The summed E-state index contributed by atoms with van der Waals surface area (Å²) in [5.41, 5.74) is -0.652. The Morgan fingerprint density at radius 1 is 0.943 bits per heavy atom. The number of rotatable bonds is 6. The second-order valence-electron chi connectivity index (χ2n) is 19.7. The van der Waals surface area contributed by atoms with Gasteiger partial charge in [0.05, 0.1) is 5.41 Å². The monoisotopic (exact) mass is 738 g/mol. The van der Waals surface area contributed by atoms with E-state index in [1.807, 2.05) is 6.92 Å². The molecule has 1 aromatic rings. The fourth-order valence-corrected chi connectivity index (χ4v) is 13.1. The fourth-order valence-electron chi connectivity index (χ4n) is 13.1. The molecule has 53 heavy (non-hydrogen) atoms. The molecule has 0 bridgehead atoms. The summed E-state index contributed by atoms with van der Waals surface area (Å²) < 4.78 is 19.1. The Morgan fingerprint density at radius 2 is 1.66 bits per heavy atom. The molecule has 0 spiro atoms. The summed E-state index contributed by atoms with van der Waals surface area (Å²) in [4.78, 5) is 53.1. The number of ether oxygens (including phenoxy) is 3. The highest BCUT2D eigenvalue weighted by Gasteiger charge is 2.69. The lowest BCUT2D eigenvalue weighted by atomic mass is 9.33. The van der Waals surface area contributed by atoms with Gasteiger partial charge in [0.15, 0.2) is 6.23 Å². The second kappa shape index (κ2) is 12.9. The van der Waals surface area contributed by atoms with Crippen molar-refractivity contribution >= 4 is 11.9 Å². The van der Waals surface area contributed by atoms with Crippen LogP contribution in [-0.2, 0) is 23.8 Å². The predicted octanol–water partition coefficient (Wildman–Crippen LogP) is 5.82. The number of aromatic amines is 1. The summed E-state index contributed by atoms with van der Waals surface area (Å²) in [6.07, 6.45) is 8.13. The summed E-state index contributed by atoms with van der Waals surface area (Å²) in [5.74, 6) is 0.543. The van der Waals surface area contributed by atoms with Gasteiger partial charge in [0, 0.05) is 24.1 Å². The van der Waals surface area contributed by atoms with Gasteiger partial charge in [-0.05, 0) is 104 Å². The van der Waals surface area contributed by atoms with Crippen molar-refractivity contribution in [3.63, 3.8) is 0 Å². The van der Waals surface area contributed by atoms with Crippen molar-refractivity contribution in [2.45, 2.75) is 157 Å². The van der Waals surface area contributed by atoms with Crippen molar-refractivity contribution in [1.82, 2.24) is 9.55 Å². The number of aliphatic hydroxyl groups is 2. The van der Waals surface area contributed by atoms with E-state index >= 15 is 0 Å². The first kappa shape index (κ1) is 38.5. The number of nitrogens with one attached hydrogen (secondary N) is 1. The van der Waals surface area contributed by atoms with Crippen LogP contribution in [0.2, 0.25) is 0 Å². The molecule has 4 saturated carbocycles. The van der Waals surface area contributed by atoms with Crippen LogP contribution in [0, 0.1) is 50.2 Å². The lowest BCUT2D eigenvalue weighted by Crippen LogP contribution is -2.65. The van der Waals surface area contributed by atoms with E-state index in [-0.39, 0.29) is 57.6 Å². The Balaban J connectivity index is 1.14. The first-order chi connectivity index (χ1) is 24.7. The number of esters is 2. The average molecular weight is 739 g/mol. The number of H-pyrrole nitrogens is 1. The van der Waals surface area contributed by atoms with E-state index in [1.165, 1.54) is 11.8 Å². The highest BCUT2D eigenvalue weighted by molar-refractivity contribution is 5.79. The zero-order valence-corrected chi connectivity index (χ0v) is 33.0. The van der Waals surface area contributed by atoms with E-state index in [1.54, 1.807) is 0 Å². The van der Waals surface area contributed by atoms with Crippen LogP contribution in [0.5, 0.6) is 0 Å². The summed E-state index contributed by atoms with van der Waals surface area (Å²) in [6, 6.07) is 1.14. The van der Waals surface area contributed by atoms with Crippen molar-refractivity contribution in [2.75, 3.05) is 6.61 Å². The van der Waals surface area contributed by atoms with Gasteiger partial charge >= 0.3 is 17.6 Å². The maximum Gasteiger partial charge on any atom is 0.330 e. The predicted molar refractivity (Wildman–Crippen MR) is 197 cm³/mol. The van der Waals surface area contributed by atoms with Crippen LogP contribution in [0.4, 0.5) is 0 Å². The number of carbonyl (C=O) groups excluding carboxylic acids is 2. The van der Waals surface area contributed by atoms with Crippen LogP contribution >= 0.6 is 0 Å². The lowest BCUT2D eigenvalue weighted by molar-refractivity contribution is -0.214. The van der Waals surface area contributed by atoms with Crippen molar-refractivity contribution in [3.05, 3.63) is 44.8 Å². The minimum absolute atomic E-state index is 0.0221. The number of allylic oxidation sites excluding steroid dienone is 2. The molecule has 12 atom stereocenters. The maximum absolute atomic E-state index is 14.6. The Kier molecular flexibility index (Phi) is 9.38. The van der Waals surface area contributed by atoms with Crippen molar-refractivity contribution in [2.24, 2.45) is 50.2 Å². The van der Waals surface area contributed by atoms with Crippen LogP contribution in [0.25, 0.3) is 0 Å². The molecule has 0 radical (unpaired) electrons. The molecule has 3 N–H and O–H groups in total. The van der Waals surface area contributed by atoms with Gasteiger partial charge in [-0.15, -0.1) is 0 Å². The Morgan fingerprint density at radius 3 is 2.36 bits per heavy atom. The maximum atomic E-state index is 14.6. The van der Waals surface area contributed by atoms with Gasteiger partial charge in [-0.2, -0.15) is 0 Å². The lowest BCUT2D eigenvalue weighted by Gasteiger charge is -2.71. The SMILES string of the molecule is CCC(=O)O[C@H]1CC[C@@]2(C)C(CC[C@]3(C)[C@@H]2CC=C2[C@@H]4CC(C)(C)CC[C@]4(C(=O)OC[C@H]4O[C@@H](n5ccc(=O)[nH]c5=O)[C@H](O)[C@@H]4O)CC[C@]23C)C1(C)C. The number of aromatic nitrogens is 2. The summed E-state index contributed by atoms with van der Waals surface area (Å²) in [7, 11) is 0. The molecule has 0 amide bonds. The molecule has 5 fully saturated rings. The molecule has 6 aliphatic rings. The molecule has 2 heterocycles. The van der Waals surface area contributed by atoms with E-state index in [4.69, 9.17) is 14.2 Å². The van der Waals surface area contributed by atoms with Crippen LogP contribution in [-0.4, -0.2) is 62.7 Å². The number of aliphatic hydroxyl groups excluding tert-OH is 2. The molecule has 1 unspecified atom stereocenters. The third kappa shape index (κ3) is 5.75. The number of fused-ring (bicyclic) bond motifs is 7. The zero-order valence-electron chi connectivity index (χ0n) is 33.0. The summed E-state index contributed by atoms with van der Waals surface area (Å²) >= 11 is 0. The van der Waals surface area contributed by atoms with Gasteiger partial charge in [-0.25, -0.2) is 4.79 Å². The van der Waals surface area contributed by atoms with Gasteiger partial charge in [-0.3, -0.25) is 23.9 Å². The molecule has 5 aliphatic carbocycles. The van der Waals surface area contributed by atoms with E-state index in [0.29, 0.717) is 18.3 Å². The molecular formula is C42H62N2O9. The molecule has 0 aromatic carbocycles. The van der Waals surface area contributed by atoms with Crippen LogP contribution in [0.15, 0.2) is 33.5 Å². The van der Waals surface area contributed by atoms with E-state index in [9.17, 15) is 29.4 Å². The first-order valence-electron chi connectivity index (χ1n) is 20.1. The molecule has 11 nitrogen and oxygen atoms in total. The first-order valence-corrected chi connectivity index (χ1v) is 20.1. The van der Waals surface area contributed by atoms with Gasteiger partial charge in [0.2, 0.25) is 0 Å². The molecule has 1 saturated heterocycles. The van der Waals surface area contributed by atoms with Crippen molar-refractivity contribution < 1.29 is 34.0 Å². The third-order valence-corrected chi connectivity index (χ3v) is 16.4. The number of hydrogen-bond donors (Lipinski definition) is 3. The second-order valence-corrected chi connectivity index (χ2v) is 19.7. The van der Waals surface area contributed by atoms with Crippen molar-refractivity contribution in [1.29, 1.82) is 0 Å². The molecule has 1 aromatic heterocycles. The van der Waals surface area contributed by atoms with Crippen LogP contribution < -0.4 is 11.2 Å². The topological polar surface area (TPSA) is 157 Å². The smallest absolute Gasteiger partial charge is 0.330 e. The largest absolute Gasteiger partial charge is 0.462 e. The normalized spacial score (nSPS) is 44.0. The quantitative estimate of drug-likeness (QED) is 0.242. The van der Waals surface area contributed by atoms with Gasteiger partial charge in [0.25, 0.3) is 5.56 Å². The van der Waals surface area contributed by atoms with Crippen LogP contribution in [0.3, 0.4) is 0 Å². The minimum Gasteiger partial charge on any atom is -0.462 e. The highest BCUT2D eigenvalue weighted by Crippen LogP contribution is 2.76. The summed E-state index contributed by atoms with van der Waals surface area (Å²) in [6.45, 7) is 18.4. The van der Waals surface area contributed by atoms with Crippen LogP contribution in [0.1, 0.15) is 132 Å². The van der Waals surface area contributed by atoms with Gasteiger partial charge in [0.1, 0.15) is 31.0 Å².